The second-order valence-corrected chi connectivity index (χ2v) is 6.52. The number of carbonyl (C=O) groups is 2. The highest BCUT2D eigenvalue weighted by Crippen LogP contribution is 2.25. The maximum atomic E-state index is 12.1. The number of nitrogens with zero attached hydrogens (tertiary/aromatic N) is 3. The summed E-state index contributed by atoms with van der Waals surface area (Å²) in [5.74, 6) is -0.554. The van der Waals surface area contributed by atoms with Gasteiger partial charge in [0.05, 0.1) is 18.3 Å². The molecule has 1 saturated heterocycles. The quantitative estimate of drug-likeness (QED) is 0.735. The number of amides is 2. The number of fused-ring (bicyclic) bond motifs is 1. The third-order valence-corrected chi connectivity index (χ3v) is 4.49. The molecule has 1 aliphatic rings. The van der Waals surface area contributed by atoms with E-state index in [1.165, 1.54) is 11.0 Å². The first kappa shape index (κ1) is 20.5. The fourth-order valence-electron chi connectivity index (χ4n) is 2.99. The van der Waals surface area contributed by atoms with Crippen LogP contribution >= 0.6 is 0 Å². The molecule has 0 unspecified atom stereocenters. The van der Waals surface area contributed by atoms with E-state index in [9.17, 15) is 22.8 Å². The molecule has 0 atom stereocenters. The number of alkyl halides is 3. The van der Waals surface area contributed by atoms with E-state index in [0.717, 1.165) is 16.6 Å². The Hall–Kier alpha value is -3.24. The highest BCUT2D eigenvalue weighted by molar-refractivity contribution is 5.95. The van der Waals surface area contributed by atoms with E-state index in [-0.39, 0.29) is 0 Å². The van der Waals surface area contributed by atoms with Crippen molar-refractivity contribution >= 4 is 34.8 Å². The molecular weight excluding hydrogens is 391 g/mol. The number of hydrogen-bond acceptors (Lipinski definition) is 5. The molecule has 8 nitrogen and oxygen atoms in total. The van der Waals surface area contributed by atoms with Crippen LogP contribution in [0.1, 0.15) is 12.0 Å². The van der Waals surface area contributed by atoms with Crippen molar-refractivity contribution in [3.8, 4) is 0 Å². The van der Waals surface area contributed by atoms with Gasteiger partial charge in [-0.1, -0.05) is 0 Å². The molecule has 156 valence electrons. The Labute approximate surface area is 164 Å². The number of hydrogen-bond donors (Lipinski definition) is 2. The van der Waals surface area contributed by atoms with E-state index in [1.54, 1.807) is 18.5 Å². The van der Waals surface area contributed by atoms with Crippen molar-refractivity contribution in [1.82, 2.24) is 14.9 Å². The van der Waals surface area contributed by atoms with Gasteiger partial charge in [-0.2, -0.15) is 13.2 Å². The SMILES string of the molecule is NC(=O)/C=C/c1c[nH]c2ncc(N3CCN(C(=O)OCCC(F)(F)F)CC3)cc12. The number of halogens is 3. The normalized spacial score (nSPS) is 15.3. The van der Waals surface area contributed by atoms with Crippen molar-refractivity contribution in [2.24, 2.45) is 5.73 Å². The highest BCUT2D eigenvalue weighted by atomic mass is 19.4. The number of pyridine rings is 1. The monoisotopic (exact) mass is 411 g/mol. The molecule has 1 aliphatic heterocycles. The Morgan fingerprint density at radius 1 is 1.28 bits per heavy atom. The van der Waals surface area contributed by atoms with Crippen molar-refractivity contribution in [1.29, 1.82) is 0 Å². The average molecular weight is 411 g/mol. The molecular formula is C18H20F3N5O3. The van der Waals surface area contributed by atoms with Crippen LogP contribution < -0.4 is 10.6 Å². The second kappa shape index (κ2) is 8.41. The number of rotatable bonds is 5. The molecule has 1 fully saturated rings. The van der Waals surface area contributed by atoms with Gasteiger partial charge in [-0.25, -0.2) is 9.78 Å². The topological polar surface area (TPSA) is 105 Å². The zero-order chi connectivity index (χ0) is 21.0. The Bertz CT molecular complexity index is 917. The van der Waals surface area contributed by atoms with Gasteiger partial charge in [0.25, 0.3) is 0 Å². The summed E-state index contributed by atoms with van der Waals surface area (Å²) >= 11 is 0. The Balaban J connectivity index is 1.60. The van der Waals surface area contributed by atoms with Crippen molar-refractivity contribution in [2.45, 2.75) is 12.6 Å². The molecule has 0 radical (unpaired) electrons. The number of H-pyrrole nitrogens is 1. The van der Waals surface area contributed by atoms with Gasteiger partial charge in [0, 0.05) is 49.4 Å². The van der Waals surface area contributed by atoms with E-state index in [1.807, 2.05) is 11.0 Å². The average Bonchev–Trinajstić information content (AvgIpc) is 3.07. The van der Waals surface area contributed by atoms with Gasteiger partial charge >= 0.3 is 12.3 Å². The van der Waals surface area contributed by atoms with Gasteiger partial charge in [0.1, 0.15) is 12.3 Å². The molecule has 2 aromatic rings. The highest BCUT2D eigenvalue weighted by Gasteiger charge is 2.28. The molecule has 0 bridgehead atoms. The van der Waals surface area contributed by atoms with Crippen LogP contribution in [0.15, 0.2) is 24.5 Å². The lowest BCUT2D eigenvalue weighted by atomic mass is 10.2. The van der Waals surface area contributed by atoms with Crippen LogP contribution in [0.2, 0.25) is 0 Å². The van der Waals surface area contributed by atoms with E-state index in [4.69, 9.17) is 10.5 Å². The lowest BCUT2D eigenvalue weighted by Crippen LogP contribution is -2.49. The molecule has 3 N–H and O–H groups in total. The number of aromatic nitrogens is 2. The van der Waals surface area contributed by atoms with Gasteiger partial charge in [-0.15, -0.1) is 0 Å². The number of ether oxygens (including phenoxy) is 1. The Morgan fingerprint density at radius 3 is 2.66 bits per heavy atom. The van der Waals surface area contributed by atoms with Gasteiger partial charge in [-0.05, 0) is 12.1 Å². The van der Waals surface area contributed by atoms with Crippen LogP contribution in [0.3, 0.4) is 0 Å². The summed E-state index contributed by atoms with van der Waals surface area (Å²) in [6.07, 6.45) is 0.0158. The minimum absolute atomic E-state index is 0.324. The van der Waals surface area contributed by atoms with Crippen LogP contribution in [0.25, 0.3) is 17.1 Å². The summed E-state index contributed by atoms with van der Waals surface area (Å²) in [6, 6.07) is 1.91. The zero-order valence-corrected chi connectivity index (χ0v) is 15.4. The second-order valence-electron chi connectivity index (χ2n) is 6.52. The van der Waals surface area contributed by atoms with E-state index in [0.29, 0.717) is 31.8 Å². The molecule has 3 rings (SSSR count). The smallest absolute Gasteiger partial charge is 0.409 e. The predicted octanol–water partition coefficient (Wildman–Crippen LogP) is 2.27. The fraction of sp³-hybridized carbons (Fsp3) is 0.389. The summed E-state index contributed by atoms with van der Waals surface area (Å²) in [7, 11) is 0. The first-order valence-corrected chi connectivity index (χ1v) is 8.91. The Morgan fingerprint density at radius 2 is 2.00 bits per heavy atom. The molecule has 0 saturated carbocycles. The molecule has 11 heteroatoms. The number of aromatic amines is 1. The molecule has 0 aromatic carbocycles. The summed E-state index contributed by atoms with van der Waals surface area (Å²) in [5.41, 5.74) is 7.38. The molecule has 29 heavy (non-hydrogen) atoms. The third-order valence-electron chi connectivity index (χ3n) is 4.49. The lowest BCUT2D eigenvalue weighted by molar-refractivity contribution is -0.141. The zero-order valence-electron chi connectivity index (χ0n) is 15.4. The van der Waals surface area contributed by atoms with Crippen molar-refractivity contribution in [3.05, 3.63) is 30.1 Å². The van der Waals surface area contributed by atoms with Gasteiger partial charge in [0.15, 0.2) is 0 Å². The first-order valence-electron chi connectivity index (χ1n) is 8.91. The number of anilines is 1. The van der Waals surface area contributed by atoms with E-state index >= 15 is 0 Å². The third kappa shape index (κ3) is 5.39. The standard InChI is InChI=1S/C18H20F3N5O3/c19-18(20,21)3-8-29-17(28)26-6-4-25(5-7-26)13-9-14-12(1-2-15(22)27)10-23-16(14)24-11-13/h1-2,9-11H,3-8H2,(H2,22,27)(H,23,24)/b2-1+. The first-order chi connectivity index (χ1) is 13.7. The number of primary amides is 1. The lowest BCUT2D eigenvalue weighted by Gasteiger charge is -2.35. The molecule has 0 spiro atoms. The summed E-state index contributed by atoms with van der Waals surface area (Å²) in [5, 5.41) is 0.814. The van der Waals surface area contributed by atoms with Crippen molar-refractivity contribution in [2.75, 3.05) is 37.7 Å². The maximum Gasteiger partial charge on any atom is 0.409 e. The van der Waals surface area contributed by atoms with Gasteiger partial charge in [-0.3, -0.25) is 4.79 Å². The van der Waals surface area contributed by atoms with Crippen molar-refractivity contribution in [3.63, 3.8) is 0 Å². The molecule has 2 amide bonds. The van der Waals surface area contributed by atoms with Crippen LogP contribution in [0.5, 0.6) is 0 Å². The number of nitrogens with one attached hydrogen (secondary N) is 1. The minimum atomic E-state index is -4.35. The summed E-state index contributed by atoms with van der Waals surface area (Å²) < 4.78 is 41.1. The minimum Gasteiger partial charge on any atom is -0.449 e. The van der Waals surface area contributed by atoms with E-state index < -0.39 is 31.2 Å². The maximum absolute atomic E-state index is 12.1. The Kier molecular flexibility index (Phi) is 5.95. The fourth-order valence-corrected chi connectivity index (χ4v) is 2.99. The van der Waals surface area contributed by atoms with Gasteiger partial charge < -0.3 is 25.3 Å². The molecule has 2 aromatic heterocycles. The van der Waals surface area contributed by atoms with E-state index in [2.05, 4.69) is 9.97 Å². The van der Waals surface area contributed by atoms with Crippen molar-refractivity contribution < 1.29 is 27.5 Å². The number of carbonyl (C=O) groups excluding carboxylic acids is 2. The van der Waals surface area contributed by atoms with Gasteiger partial charge in [0.2, 0.25) is 5.91 Å². The largest absolute Gasteiger partial charge is 0.449 e. The molecule has 3 heterocycles. The predicted molar refractivity (Wildman–Crippen MR) is 100 cm³/mol. The number of nitrogens with two attached hydrogens (primary N) is 1. The van der Waals surface area contributed by atoms with Crippen LogP contribution in [-0.4, -0.2) is 65.8 Å². The van der Waals surface area contributed by atoms with Crippen LogP contribution in [-0.2, 0) is 9.53 Å². The summed E-state index contributed by atoms with van der Waals surface area (Å²) in [6.45, 7) is 0.935. The summed E-state index contributed by atoms with van der Waals surface area (Å²) in [4.78, 5) is 33.6. The van der Waals surface area contributed by atoms with Crippen LogP contribution in [0.4, 0.5) is 23.7 Å². The van der Waals surface area contributed by atoms with Crippen LogP contribution in [0, 0.1) is 0 Å². The number of piperazine rings is 1. The molecule has 0 aliphatic carbocycles.